The van der Waals surface area contributed by atoms with Crippen LogP contribution in [0, 0.1) is 0 Å². The SMILES string of the molecule is O=C(CSc1ccccc1)Nc1nc(-c2cc3ccccc3o2)cs1. The molecule has 0 saturated heterocycles. The number of aromatic nitrogens is 1. The molecule has 0 aliphatic heterocycles. The number of benzene rings is 2. The van der Waals surface area contributed by atoms with E-state index in [1.54, 1.807) is 0 Å². The Balaban J connectivity index is 1.41. The van der Waals surface area contributed by atoms with Crippen LogP contribution in [0.2, 0.25) is 0 Å². The topological polar surface area (TPSA) is 55.1 Å². The number of amides is 1. The first-order valence-electron chi connectivity index (χ1n) is 7.70. The summed E-state index contributed by atoms with van der Waals surface area (Å²) in [6.45, 7) is 0. The van der Waals surface area contributed by atoms with Crippen molar-refractivity contribution in [1.29, 1.82) is 0 Å². The van der Waals surface area contributed by atoms with E-state index in [9.17, 15) is 4.79 Å². The van der Waals surface area contributed by atoms with Gasteiger partial charge in [-0.1, -0.05) is 36.4 Å². The smallest absolute Gasteiger partial charge is 0.236 e. The molecule has 2 heterocycles. The highest BCUT2D eigenvalue weighted by Gasteiger charge is 2.12. The van der Waals surface area contributed by atoms with Crippen LogP contribution in [0.4, 0.5) is 5.13 Å². The zero-order valence-electron chi connectivity index (χ0n) is 13.1. The molecule has 1 N–H and O–H groups in total. The lowest BCUT2D eigenvalue weighted by atomic mass is 10.2. The van der Waals surface area contributed by atoms with Gasteiger partial charge in [-0.05, 0) is 24.3 Å². The number of furan rings is 1. The molecule has 0 spiro atoms. The molecule has 1 amide bonds. The van der Waals surface area contributed by atoms with Gasteiger partial charge in [-0.15, -0.1) is 23.1 Å². The van der Waals surface area contributed by atoms with E-state index in [0.29, 0.717) is 16.6 Å². The van der Waals surface area contributed by atoms with Gasteiger partial charge in [0.05, 0.1) is 5.75 Å². The summed E-state index contributed by atoms with van der Waals surface area (Å²) >= 11 is 2.89. The Labute approximate surface area is 152 Å². The number of rotatable bonds is 5. The molecule has 0 radical (unpaired) electrons. The zero-order chi connectivity index (χ0) is 17.1. The molecule has 0 unspecified atom stereocenters. The van der Waals surface area contributed by atoms with Gasteiger partial charge in [0.1, 0.15) is 11.3 Å². The number of hydrogen-bond donors (Lipinski definition) is 1. The first-order chi connectivity index (χ1) is 12.3. The molecule has 6 heteroatoms. The lowest BCUT2D eigenvalue weighted by Gasteiger charge is -2.01. The van der Waals surface area contributed by atoms with Gasteiger partial charge >= 0.3 is 0 Å². The normalized spacial score (nSPS) is 10.9. The second-order valence-electron chi connectivity index (χ2n) is 5.34. The van der Waals surface area contributed by atoms with Crippen LogP contribution in [0.1, 0.15) is 0 Å². The molecule has 0 saturated carbocycles. The Morgan fingerprint density at radius 3 is 2.76 bits per heavy atom. The summed E-state index contributed by atoms with van der Waals surface area (Å²) in [5.41, 5.74) is 1.56. The number of fused-ring (bicyclic) bond motifs is 1. The van der Waals surface area contributed by atoms with E-state index in [1.165, 1.54) is 23.1 Å². The van der Waals surface area contributed by atoms with E-state index >= 15 is 0 Å². The Hall–Kier alpha value is -2.57. The van der Waals surface area contributed by atoms with Gasteiger partial charge in [-0.2, -0.15) is 0 Å². The Bertz CT molecular complexity index is 975. The summed E-state index contributed by atoms with van der Waals surface area (Å²) in [6, 6.07) is 19.6. The van der Waals surface area contributed by atoms with Crippen molar-refractivity contribution in [2.75, 3.05) is 11.1 Å². The molecule has 4 aromatic rings. The lowest BCUT2D eigenvalue weighted by Crippen LogP contribution is -2.13. The van der Waals surface area contributed by atoms with Crippen molar-refractivity contribution in [3.63, 3.8) is 0 Å². The highest BCUT2D eigenvalue weighted by molar-refractivity contribution is 8.00. The van der Waals surface area contributed by atoms with E-state index in [0.717, 1.165) is 21.6 Å². The van der Waals surface area contributed by atoms with Crippen LogP contribution in [0.5, 0.6) is 0 Å². The van der Waals surface area contributed by atoms with Crippen LogP contribution in [-0.2, 0) is 4.79 Å². The monoisotopic (exact) mass is 366 g/mol. The molecular weight excluding hydrogens is 352 g/mol. The van der Waals surface area contributed by atoms with Crippen molar-refractivity contribution < 1.29 is 9.21 Å². The molecule has 0 fully saturated rings. The van der Waals surface area contributed by atoms with Crippen molar-refractivity contribution in [3.8, 4) is 11.5 Å². The zero-order valence-corrected chi connectivity index (χ0v) is 14.8. The number of thiazole rings is 1. The quantitative estimate of drug-likeness (QED) is 0.488. The highest BCUT2D eigenvalue weighted by atomic mass is 32.2. The Morgan fingerprint density at radius 1 is 1.12 bits per heavy atom. The maximum Gasteiger partial charge on any atom is 0.236 e. The number of anilines is 1. The third-order valence-electron chi connectivity index (χ3n) is 3.54. The van der Waals surface area contributed by atoms with Gasteiger partial charge in [0.15, 0.2) is 10.9 Å². The van der Waals surface area contributed by atoms with Crippen molar-refractivity contribution in [1.82, 2.24) is 4.98 Å². The van der Waals surface area contributed by atoms with Crippen LogP contribution in [-0.4, -0.2) is 16.6 Å². The standard InChI is InChI=1S/C19H14N2O2S2/c22-18(12-24-14-7-2-1-3-8-14)21-19-20-15(11-25-19)17-10-13-6-4-5-9-16(13)23-17/h1-11H,12H2,(H,20,21,22). The van der Waals surface area contributed by atoms with Crippen LogP contribution < -0.4 is 5.32 Å². The van der Waals surface area contributed by atoms with Crippen molar-refractivity contribution in [3.05, 3.63) is 66.0 Å². The summed E-state index contributed by atoms with van der Waals surface area (Å²) in [5.74, 6) is 0.986. The number of hydrogen-bond acceptors (Lipinski definition) is 5. The number of thioether (sulfide) groups is 1. The Kier molecular flexibility index (Phi) is 4.54. The van der Waals surface area contributed by atoms with Crippen LogP contribution >= 0.6 is 23.1 Å². The molecule has 0 aliphatic carbocycles. The molecule has 4 nitrogen and oxygen atoms in total. The van der Waals surface area contributed by atoms with E-state index in [1.807, 2.05) is 66.0 Å². The minimum absolute atomic E-state index is 0.0700. The van der Waals surface area contributed by atoms with E-state index in [-0.39, 0.29) is 5.91 Å². The number of carbonyl (C=O) groups excluding carboxylic acids is 1. The second kappa shape index (κ2) is 7.13. The second-order valence-corrected chi connectivity index (χ2v) is 7.24. The molecule has 2 aromatic heterocycles. The van der Waals surface area contributed by atoms with E-state index in [4.69, 9.17) is 4.42 Å². The van der Waals surface area contributed by atoms with Crippen molar-refractivity contribution in [2.45, 2.75) is 4.90 Å². The summed E-state index contributed by atoms with van der Waals surface area (Å²) < 4.78 is 5.81. The minimum atomic E-state index is -0.0700. The number of nitrogens with zero attached hydrogens (tertiary/aromatic N) is 1. The minimum Gasteiger partial charge on any atom is -0.454 e. The Morgan fingerprint density at radius 2 is 1.92 bits per heavy atom. The maximum atomic E-state index is 12.1. The third kappa shape index (κ3) is 3.75. The summed E-state index contributed by atoms with van der Waals surface area (Å²) in [7, 11) is 0. The third-order valence-corrected chi connectivity index (χ3v) is 5.31. The predicted octanol–water partition coefficient (Wildman–Crippen LogP) is 5.29. The maximum absolute atomic E-state index is 12.1. The average Bonchev–Trinajstić information content (AvgIpc) is 3.27. The molecule has 4 rings (SSSR count). The summed E-state index contributed by atoms with van der Waals surface area (Å²) in [6.07, 6.45) is 0. The molecule has 0 atom stereocenters. The largest absolute Gasteiger partial charge is 0.454 e. The molecular formula is C19H14N2O2S2. The molecule has 2 aromatic carbocycles. The number of carbonyl (C=O) groups is 1. The first-order valence-corrected chi connectivity index (χ1v) is 9.57. The van der Waals surface area contributed by atoms with Gasteiger partial charge < -0.3 is 9.73 Å². The highest BCUT2D eigenvalue weighted by Crippen LogP contribution is 2.30. The molecule has 0 bridgehead atoms. The van der Waals surface area contributed by atoms with E-state index in [2.05, 4.69) is 10.3 Å². The average molecular weight is 366 g/mol. The summed E-state index contributed by atoms with van der Waals surface area (Å²) in [5, 5.41) is 6.34. The van der Waals surface area contributed by atoms with Crippen molar-refractivity contribution >= 4 is 45.1 Å². The van der Waals surface area contributed by atoms with Gasteiger partial charge in [0.2, 0.25) is 5.91 Å². The van der Waals surface area contributed by atoms with E-state index < -0.39 is 0 Å². The van der Waals surface area contributed by atoms with Crippen LogP contribution in [0.15, 0.2) is 75.4 Å². The first kappa shape index (κ1) is 15.9. The van der Waals surface area contributed by atoms with Crippen LogP contribution in [0.25, 0.3) is 22.4 Å². The van der Waals surface area contributed by atoms with Gasteiger partial charge in [0.25, 0.3) is 0 Å². The molecule has 124 valence electrons. The fraction of sp³-hybridized carbons (Fsp3) is 0.0526. The fourth-order valence-corrected chi connectivity index (χ4v) is 3.81. The van der Waals surface area contributed by atoms with Crippen LogP contribution in [0.3, 0.4) is 0 Å². The fourth-order valence-electron chi connectivity index (χ4n) is 2.37. The molecule has 25 heavy (non-hydrogen) atoms. The molecule has 0 aliphatic rings. The predicted molar refractivity (Wildman–Crippen MR) is 103 cm³/mol. The lowest BCUT2D eigenvalue weighted by molar-refractivity contribution is -0.113. The van der Waals surface area contributed by atoms with Gasteiger partial charge in [0, 0.05) is 15.7 Å². The summed E-state index contributed by atoms with van der Waals surface area (Å²) in [4.78, 5) is 17.6. The number of nitrogens with one attached hydrogen (secondary N) is 1. The van der Waals surface area contributed by atoms with Gasteiger partial charge in [-0.3, -0.25) is 4.79 Å². The van der Waals surface area contributed by atoms with Gasteiger partial charge in [-0.25, -0.2) is 4.98 Å². The number of para-hydroxylation sites is 1. The van der Waals surface area contributed by atoms with Crippen molar-refractivity contribution in [2.24, 2.45) is 0 Å².